The Morgan fingerprint density at radius 2 is 1.84 bits per heavy atom. The lowest BCUT2D eigenvalue weighted by atomic mass is 9.96. The molecule has 0 spiro atoms. The molecule has 1 saturated carbocycles. The molecule has 6 rings (SSSR count). The molecular formula is C33H33N9O. The highest BCUT2D eigenvalue weighted by molar-refractivity contribution is 5.99. The molecule has 0 aliphatic heterocycles. The molecule has 43 heavy (non-hydrogen) atoms. The number of nitriles is 2. The lowest BCUT2D eigenvalue weighted by Gasteiger charge is -2.23. The van der Waals surface area contributed by atoms with E-state index < -0.39 is 6.04 Å². The third-order valence-corrected chi connectivity index (χ3v) is 7.96. The van der Waals surface area contributed by atoms with E-state index in [1.807, 2.05) is 35.1 Å². The third kappa shape index (κ3) is 5.28. The van der Waals surface area contributed by atoms with Crippen LogP contribution >= 0.6 is 0 Å². The van der Waals surface area contributed by atoms with Crippen LogP contribution in [0.2, 0.25) is 0 Å². The number of rotatable bonds is 8. The maximum atomic E-state index is 10.2. The average Bonchev–Trinajstić information content (AvgIpc) is 3.55. The van der Waals surface area contributed by atoms with Crippen LogP contribution in [0.1, 0.15) is 69.0 Å². The highest BCUT2D eigenvalue weighted by Crippen LogP contribution is 2.43. The van der Waals surface area contributed by atoms with Crippen molar-refractivity contribution >= 4 is 33.1 Å². The number of pyridine rings is 2. The van der Waals surface area contributed by atoms with E-state index in [4.69, 9.17) is 4.74 Å². The summed E-state index contributed by atoms with van der Waals surface area (Å²) in [6.07, 6.45) is 7.37. The van der Waals surface area contributed by atoms with Gasteiger partial charge >= 0.3 is 0 Å². The summed E-state index contributed by atoms with van der Waals surface area (Å²) in [5.41, 5.74) is 4.35. The molecule has 1 atom stereocenters. The summed E-state index contributed by atoms with van der Waals surface area (Å²) in [6.45, 7) is 9.18. The molecule has 1 fully saturated rings. The normalized spacial score (nSPS) is 14.6. The molecule has 2 N–H and O–H groups in total. The highest BCUT2D eigenvalue weighted by Gasteiger charge is 2.41. The molecule has 0 bridgehead atoms. The Morgan fingerprint density at radius 3 is 2.53 bits per heavy atom. The van der Waals surface area contributed by atoms with Gasteiger partial charge in [-0.1, -0.05) is 38.1 Å². The van der Waals surface area contributed by atoms with Crippen LogP contribution < -0.4 is 15.4 Å². The van der Waals surface area contributed by atoms with Gasteiger partial charge in [0, 0.05) is 35.4 Å². The summed E-state index contributed by atoms with van der Waals surface area (Å²) in [7, 11) is 1.61. The van der Waals surface area contributed by atoms with Crippen LogP contribution in [0.3, 0.4) is 0 Å². The van der Waals surface area contributed by atoms with Crippen molar-refractivity contribution in [3.63, 3.8) is 0 Å². The Hall–Kier alpha value is -5.22. The zero-order chi connectivity index (χ0) is 30.4. The SMILES string of the molecule is COc1nccc2c([C@H](Nc3cc(C#N)c4ncc(C#N)c(NCC(C)(C)C)c4c3)c3cn(C4(C)CC4)nn3)cccc12. The van der Waals surface area contributed by atoms with E-state index in [2.05, 4.69) is 76.8 Å². The number of anilines is 2. The molecule has 2 aromatic carbocycles. The van der Waals surface area contributed by atoms with Gasteiger partial charge in [0.05, 0.1) is 47.2 Å². The molecule has 3 heterocycles. The average molecular weight is 572 g/mol. The van der Waals surface area contributed by atoms with Crippen LogP contribution in [-0.2, 0) is 5.54 Å². The van der Waals surface area contributed by atoms with Gasteiger partial charge in [0.25, 0.3) is 0 Å². The van der Waals surface area contributed by atoms with Gasteiger partial charge in [-0.05, 0) is 60.4 Å². The number of hydrogen-bond donors (Lipinski definition) is 2. The van der Waals surface area contributed by atoms with Gasteiger partial charge in [-0.15, -0.1) is 5.10 Å². The largest absolute Gasteiger partial charge is 0.481 e. The Labute approximate surface area is 250 Å². The summed E-state index contributed by atoms with van der Waals surface area (Å²) in [5, 5.41) is 38.9. The van der Waals surface area contributed by atoms with Crippen molar-refractivity contribution in [1.82, 2.24) is 25.0 Å². The van der Waals surface area contributed by atoms with Gasteiger partial charge in [-0.25, -0.2) is 9.67 Å². The van der Waals surface area contributed by atoms with E-state index in [9.17, 15) is 10.5 Å². The van der Waals surface area contributed by atoms with Crippen molar-refractivity contribution in [3.05, 3.63) is 77.4 Å². The van der Waals surface area contributed by atoms with Crippen molar-refractivity contribution in [3.8, 4) is 18.0 Å². The predicted molar refractivity (Wildman–Crippen MR) is 166 cm³/mol. The minimum absolute atomic E-state index is 0.0222. The molecule has 1 aliphatic carbocycles. The standard InChI is InChI=1S/C33H33N9O/c1-32(2,3)19-38-29-21(16-35)17-37-28-20(15-34)13-22(14-26(28)29)39-30(27-18-42(41-40-27)33(4)10-11-33)24-7-6-8-25-23(24)9-12-36-31(25)43-5/h6-9,12-14,17-18,30,39H,10-11,19H2,1-5H3,(H,37,38)/t30-/m0/s1. The third-order valence-electron chi connectivity index (χ3n) is 7.96. The number of ether oxygens (including phenoxy) is 1. The maximum Gasteiger partial charge on any atom is 0.221 e. The first kappa shape index (κ1) is 27.9. The fourth-order valence-corrected chi connectivity index (χ4v) is 5.28. The van der Waals surface area contributed by atoms with Crippen LogP contribution in [0.5, 0.6) is 5.88 Å². The van der Waals surface area contributed by atoms with Crippen LogP contribution in [-0.4, -0.2) is 38.6 Å². The minimum atomic E-state index is -0.422. The van der Waals surface area contributed by atoms with Crippen LogP contribution in [0.4, 0.5) is 11.4 Å². The highest BCUT2D eigenvalue weighted by atomic mass is 16.5. The van der Waals surface area contributed by atoms with E-state index in [1.165, 1.54) is 6.20 Å². The second kappa shape index (κ2) is 10.6. The van der Waals surface area contributed by atoms with Crippen molar-refractivity contribution in [2.24, 2.45) is 5.41 Å². The topological polar surface area (TPSA) is 137 Å². The Kier molecular flexibility index (Phi) is 6.86. The predicted octanol–water partition coefficient (Wildman–Crippen LogP) is 6.29. The summed E-state index contributed by atoms with van der Waals surface area (Å²) in [5.74, 6) is 0.536. The Morgan fingerprint density at radius 1 is 1.05 bits per heavy atom. The van der Waals surface area contributed by atoms with E-state index in [1.54, 1.807) is 19.4 Å². The molecule has 5 aromatic rings. The van der Waals surface area contributed by atoms with Crippen molar-refractivity contribution < 1.29 is 4.74 Å². The van der Waals surface area contributed by atoms with E-state index >= 15 is 0 Å². The second-order valence-electron chi connectivity index (χ2n) is 12.5. The maximum absolute atomic E-state index is 10.2. The molecule has 0 saturated heterocycles. The van der Waals surface area contributed by atoms with Gasteiger partial charge in [0.2, 0.25) is 5.88 Å². The lowest BCUT2D eigenvalue weighted by Crippen LogP contribution is -2.20. The van der Waals surface area contributed by atoms with Crippen LogP contribution in [0.15, 0.2) is 55.0 Å². The number of methoxy groups -OCH3 is 1. The molecule has 10 nitrogen and oxygen atoms in total. The summed E-state index contributed by atoms with van der Waals surface area (Å²) in [4.78, 5) is 8.90. The number of nitrogens with one attached hydrogen (secondary N) is 2. The minimum Gasteiger partial charge on any atom is -0.481 e. The summed E-state index contributed by atoms with van der Waals surface area (Å²) < 4.78 is 7.51. The fraction of sp³-hybridized carbons (Fsp3) is 0.333. The number of aromatic nitrogens is 5. The second-order valence-corrected chi connectivity index (χ2v) is 12.5. The number of benzene rings is 2. The van der Waals surface area contributed by atoms with Crippen LogP contribution in [0, 0.1) is 28.1 Å². The number of hydrogen-bond acceptors (Lipinski definition) is 9. The molecule has 10 heteroatoms. The molecule has 0 radical (unpaired) electrons. The van der Waals surface area contributed by atoms with Crippen molar-refractivity contribution in [2.45, 2.75) is 52.1 Å². The monoisotopic (exact) mass is 571 g/mol. The molecule has 0 amide bonds. The van der Waals surface area contributed by atoms with Gasteiger partial charge in [0.1, 0.15) is 17.8 Å². The van der Waals surface area contributed by atoms with Gasteiger partial charge in [0.15, 0.2) is 0 Å². The first-order valence-electron chi connectivity index (χ1n) is 14.3. The zero-order valence-electron chi connectivity index (χ0n) is 24.9. The molecule has 3 aromatic heterocycles. The first-order chi connectivity index (χ1) is 20.6. The summed E-state index contributed by atoms with van der Waals surface area (Å²) >= 11 is 0. The quantitative estimate of drug-likeness (QED) is 0.220. The Balaban J connectivity index is 1.52. The van der Waals surface area contributed by atoms with Crippen molar-refractivity contribution in [1.29, 1.82) is 10.5 Å². The molecule has 0 unspecified atom stereocenters. The smallest absolute Gasteiger partial charge is 0.221 e. The first-order valence-corrected chi connectivity index (χ1v) is 14.3. The van der Waals surface area contributed by atoms with Crippen LogP contribution in [0.25, 0.3) is 21.7 Å². The number of nitrogens with zero attached hydrogens (tertiary/aromatic N) is 7. The van der Waals surface area contributed by atoms with Gasteiger partial charge in [-0.2, -0.15) is 10.5 Å². The molecular weight excluding hydrogens is 538 g/mol. The molecule has 1 aliphatic rings. The van der Waals surface area contributed by atoms with Crippen molar-refractivity contribution in [2.75, 3.05) is 24.3 Å². The Bertz CT molecular complexity index is 1940. The van der Waals surface area contributed by atoms with Gasteiger partial charge in [-0.3, -0.25) is 4.98 Å². The lowest BCUT2D eigenvalue weighted by molar-refractivity contribution is 0.403. The molecule has 216 valence electrons. The summed E-state index contributed by atoms with van der Waals surface area (Å²) in [6, 6.07) is 15.9. The van der Waals surface area contributed by atoms with E-state index in [-0.39, 0.29) is 11.0 Å². The number of fused-ring (bicyclic) bond motifs is 2. The zero-order valence-corrected chi connectivity index (χ0v) is 24.9. The van der Waals surface area contributed by atoms with E-state index in [0.29, 0.717) is 45.8 Å². The fourth-order valence-electron chi connectivity index (χ4n) is 5.28. The van der Waals surface area contributed by atoms with Gasteiger partial charge < -0.3 is 15.4 Å². The van der Waals surface area contributed by atoms with E-state index in [0.717, 1.165) is 34.9 Å².